The highest BCUT2D eigenvalue weighted by Crippen LogP contribution is 2.57. The average molecular weight is 1360 g/mol. The number of aliphatic hydroxyl groups is 2. The SMILES string of the molecule is C.C=CCOC(=O)C1=C(OP(=O)(Oc2ccccc2)Oc2ccccc2)[C@H](C)[C@@H]2[C@@H]([C@@H](C)O)C(=O)N12.C=CCOC(=O)C1=C(S[C@H]2C[C@@H](CNS(N)(=O)=O)N(C(=O)OCC=C)C2)[C@H](C)[C@@H]2[C@@H]([C@@H](C)O)C(=O)N12.C=CCOC(=O)N1C[C@@H](S)C[C@H]1CNS(N)(=O)=O. The third-order valence-corrected chi connectivity index (χ3v) is 18.9. The average Bonchev–Trinajstić information content (AvgIpc) is 1.55. The lowest BCUT2D eigenvalue weighted by molar-refractivity contribution is -0.164. The molecule has 90 heavy (non-hydrogen) atoms. The second-order valence-corrected chi connectivity index (χ2v) is 27.3. The summed E-state index contributed by atoms with van der Waals surface area (Å²) < 4.78 is 101. The number of hydrogen-bond acceptors (Lipinski definition) is 22. The van der Waals surface area contributed by atoms with Crippen LogP contribution in [0.15, 0.2) is 133 Å². The van der Waals surface area contributed by atoms with Gasteiger partial charge in [0, 0.05) is 65.5 Å². The first-order chi connectivity index (χ1) is 42.0. The van der Waals surface area contributed by atoms with Gasteiger partial charge >= 0.3 is 31.9 Å². The maximum atomic E-state index is 13.9. The van der Waals surface area contributed by atoms with Gasteiger partial charge in [0.1, 0.15) is 49.4 Å². The molecule has 4 saturated heterocycles. The van der Waals surface area contributed by atoms with Crippen LogP contribution in [0.2, 0.25) is 0 Å². The van der Waals surface area contributed by atoms with Crippen molar-refractivity contribution in [3.05, 3.63) is 133 Å². The molecule has 0 bridgehead atoms. The molecule has 0 aromatic heterocycles. The van der Waals surface area contributed by atoms with E-state index in [-0.39, 0.29) is 117 Å². The Morgan fingerprint density at radius 1 is 0.667 bits per heavy atom. The van der Waals surface area contributed by atoms with E-state index >= 15 is 0 Å². The summed E-state index contributed by atoms with van der Waals surface area (Å²) in [6.07, 6.45) is 3.66. The molecule has 0 aliphatic carbocycles. The van der Waals surface area contributed by atoms with Crippen LogP contribution in [0, 0.1) is 23.7 Å². The van der Waals surface area contributed by atoms with E-state index < -0.39 is 100 Å². The van der Waals surface area contributed by atoms with Crippen molar-refractivity contribution in [1.29, 1.82) is 0 Å². The third-order valence-electron chi connectivity index (χ3n) is 14.6. The highest BCUT2D eigenvalue weighted by Gasteiger charge is 2.63. The summed E-state index contributed by atoms with van der Waals surface area (Å²) in [5.74, 6) is -4.22. The molecule has 6 heterocycles. The molecular formula is C57H79N8O20PS4. The Labute approximate surface area is 534 Å². The Hall–Kier alpha value is -6.71. The molecule has 12 atom stereocenters. The first-order valence-corrected chi connectivity index (χ1v) is 33.8. The maximum Gasteiger partial charge on any atom is 0.646 e. The molecule has 0 saturated carbocycles. The molecule has 4 amide bonds. The van der Waals surface area contributed by atoms with Crippen LogP contribution in [0.3, 0.4) is 0 Å². The van der Waals surface area contributed by atoms with Crippen LogP contribution in [0.1, 0.15) is 48.0 Å². The summed E-state index contributed by atoms with van der Waals surface area (Å²) in [5.41, 5.74) is -0.0621. The number of para-hydroxylation sites is 2. The number of carbonyl (C=O) groups excluding carboxylic acids is 6. The van der Waals surface area contributed by atoms with E-state index in [1.807, 2.05) is 6.92 Å². The number of rotatable bonds is 26. The molecule has 496 valence electrons. The Kier molecular flexibility index (Phi) is 26.8. The van der Waals surface area contributed by atoms with E-state index in [0.29, 0.717) is 24.3 Å². The summed E-state index contributed by atoms with van der Waals surface area (Å²) in [6.45, 7) is 21.2. The van der Waals surface area contributed by atoms with Gasteiger partial charge in [0.2, 0.25) is 11.8 Å². The van der Waals surface area contributed by atoms with Crippen LogP contribution in [0.25, 0.3) is 0 Å². The van der Waals surface area contributed by atoms with Gasteiger partial charge in [-0.25, -0.2) is 38.9 Å². The molecule has 8 rings (SSSR count). The number of amides is 4. The van der Waals surface area contributed by atoms with Gasteiger partial charge in [-0.3, -0.25) is 14.5 Å². The number of nitrogens with one attached hydrogen (secondary N) is 2. The largest absolute Gasteiger partial charge is 0.646 e. The van der Waals surface area contributed by atoms with Crippen LogP contribution in [-0.4, -0.2) is 182 Å². The molecule has 0 spiro atoms. The van der Waals surface area contributed by atoms with Gasteiger partial charge in [0.25, 0.3) is 20.4 Å². The summed E-state index contributed by atoms with van der Waals surface area (Å²) in [6, 6.07) is 14.8. The van der Waals surface area contributed by atoms with E-state index in [0.717, 1.165) is 0 Å². The van der Waals surface area contributed by atoms with Gasteiger partial charge in [-0.05, 0) is 51.0 Å². The minimum absolute atomic E-state index is 0. The van der Waals surface area contributed by atoms with E-state index in [9.17, 15) is 60.4 Å². The van der Waals surface area contributed by atoms with Crippen molar-refractivity contribution in [3.63, 3.8) is 0 Å². The van der Waals surface area contributed by atoms with Gasteiger partial charge in [0.15, 0.2) is 5.70 Å². The zero-order valence-corrected chi connectivity index (χ0v) is 53.5. The number of nitrogens with two attached hydrogens (primary N) is 2. The van der Waals surface area contributed by atoms with Crippen molar-refractivity contribution in [1.82, 2.24) is 29.0 Å². The molecule has 6 aliphatic rings. The van der Waals surface area contributed by atoms with Crippen LogP contribution < -0.4 is 28.8 Å². The summed E-state index contributed by atoms with van der Waals surface area (Å²) >= 11 is 5.62. The molecule has 33 heteroatoms. The predicted octanol–water partition coefficient (Wildman–Crippen LogP) is 4.25. The standard InChI is InChI=1S/C25H26NO8P.C22H32N4O8S2.C9H17N3O4S2.CH4/c1-4-15-31-25(29)22-23(16(2)21-20(17(3)27)24(28)26(21)22)34-35(30,32-18-11-7-5-8-12-18)33-19-13-9-6-10-14-19;1-5-7-33-21(29)18-19(12(3)17-16(13(4)27)20(28)26(17)18)35-15-9-14(10-24-36(23,31)32)25(11-15)22(30)34-8-6-2;1-2-3-16-9(13)12-6-8(17)4-7(12)5-11-18(10,14)15;/h4-14,16-17,20-21,27H,1,15H2,2-3H3;5-6,12-17,24,27H,1-2,7-11H2,3-4H3,(H2,23,31,32);2,7-8,11,17H,1,3-6H2,(H2,10,14,15);1H4/t16-,17-,20-,21-;12-,13-,14+,15+,16-,17-;7-,8-;/m110./s1. The summed E-state index contributed by atoms with van der Waals surface area (Å²) in [7, 11) is -12.2. The molecule has 6 aliphatic heterocycles. The minimum Gasteiger partial charge on any atom is -0.457 e. The number of esters is 2. The highest BCUT2D eigenvalue weighted by atomic mass is 32.2. The smallest absolute Gasteiger partial charge is 0.457 e. The van der Waals surface area contributed by atoms with E-state index in [1.54, 1.807) is 74.5 Å². The number of nitrogens with zero attached hydrogens (tertiary/aromatic N) is 4. The normalized spacial score (nSPS) is 24.8. The first-order valence-electron chi connectivity index (χ1n) is 27.8. The van der Waals surface area contributed by atoms with Gasteiger partial charge in [0.05, 0.1) is 36.1 Å². The quantitative estimate of drug-likeness (QED) is 0.0173. The van der Waals surface area contributed by atoms with Crippen molar-refractivity contribution in [2.45, 2.75) is 94.8 Å². The Morgan fingerprint density at radius 2 is 1.07 bits per heavy atom. The number of fused-ring (bicyclic) bond motifs is 2. The monoisotopic (exact) mass is 1350 g/mol. The number of likely N-dealkylation sites (tertiary alicyclic amines) is 2. The molecular weight excluding hydrogens is 1280 g/mol. The van der Waals surface area contributed by atoms with Crippen molar-refractivity contribution in [2.24, 2.45) is 33.9 Å². The number of phosphoric ester groups is 1. The Balaban J connectivity index is 0.000000258. The van der Waals surface area contributed by atoms with Crippen LogP contribution in [0.4, 0.5) is 9.59 Å². The zero-order chi connectivity index (χ0) is 65.7. The molecule has 0 radical (unpaired) electrons. The second-order valence-electron chi connectivity index (χ2n) is 21.1. The highest BCUT2D eigenvalue weighted by molar-refractivity contribution is 8.03. The molecule has 28 nitrogen and oxygen atoms in total. The fourth-order valence-electron chi connectivity index (χ4n) is 10.8. The maximum absolute atomic E-state index is 13.9. The number of hydrogen-bond donors (Lipinski definition) is 7. The van der Waals surface area contributed by atoms with Crippen LogP contribution >= 0.6 is 32.2 Å². The second kappa shape index (κ2) is 32.5. The van der Waals surface area contributed by atoms with Gasteiger partial charge in [-0.2, -0.15) is 34.0 Å². The lowest BCUT2D eigenvalue weighted by atomic mass is 9.79. The van der Waals surface area contributed by atoms with Crippen molar-refractivity contribution >= 4 is 88.6 Å². The summed E-state index contributed by atoms with van der Waals surface area (Å²) in [5, 5.41) is 29.9. The number of aliphatic hydroxyl groups excluding tert-OH is 2. The zero-order valence-electron chi connectivity index (χ0n) is 49.2. The number of thioether (sulfide) groups is 1. The Bertz CT molecular complexity index is 3260. The number of phosphoric acid groups is 1. The topological polar surface area (TPSA) is 382 Å². The number of benzene rings is 2. The molecule has 8 N–H and O–H groups in total. The fraction of sp³-hybridized carbons (Fsp3) is 0.474. The van der Waals surface area contributed by atoms with E-state index in [4.69, 9.17) is 42.8 Å². The number of thiol groups is 1. The minimum atomic E-state index is -4.43. The van der Waals surface area contributed by atoms with Gasteiger partial charge < -0.3 is 57.4 Å². The van der Waals surface area contributed by atoms with Crippen molar-refractivity contribution < 1.29 is 92.9 Å². The fourth-order valence-corrected chi connectivity index (χ4v) is 15.0. The lowest BCUT2D eigenvalue weighted by Crippen LogP contribution is -2.63. The molecule has 2 aromatic rings. The lowest BCUT2D eigenvalue weighted by Gasteiger charge is -2.46. The Morgan fingerprint density at radius 3 is 1.50 bits per heavy atom. The van der Waals surface area contributed by atoms with E-state index in [1.165, 1.54) is 62.6 Å². The van der Waals surface area contributed by atoms with E-state index in [2.05, 4.69) is 48.4 Å². The molecule has 2 aromatic carbocycles. The predicted molar refractivity (Wildman–Crippen MR) is 336 cm³/mol. The molecule has 4 fully saturated rings. The number of carbonyl (C=O) groups is 6. The van der Waals surface area contributed by atoms with Gasteiger partial charge in [-0.1, -0.05) is 108 Å². The summed E-state index contributed by atoms with van der Waals surface area (Å²) in [4.78, 5) is 81.9. The van der Waals surface area contributed by atoms with Crippen molar-refractivity contribution in [3.8, 4) is 11.5 Å². The van der Waals surface area contributed by atoms with Gasteiger partial charge in [-0.15, -0.1) is 11.8 Å². The van der Waals surface area contributed by atoms with Crippen molar-refractivity contribution in [2.75, 3.05) is 52.6 Å². The molecule has 0 unspecified atom stereocenters. The first kappa shape index (κ1) is 74.0. The third kappa shape index (κ3) is 18.5. The number of β-lactam (4-membered cyclic amide) rings is 2. The van der Waals surface area contributed by atoms with Crippen LogP contribution in [0.5, 0.6) is 11.5 Å². The van der Waals surface area contributed by atoms with Crippen LogP contribution in [-0.2, 0) is 67.6 Å². The number of ether oxygens (including phenoxy) is 4.